The summed E-state index contributed by atoms with van der Waals surface area (Å²) >= 11 is 1.73. The van der Waals surface area contributed by atoms with E-state index in [4.69, 9.17) is 9.47 Å². The van der Waals surface area contributed by atoms with Gasteiger partial charge in [0.15, 0.2) is 0 Å². The monoisotopic (exact) mass is 430 g/mol. The Balaban J connectivity index is 1.72. The van der Waals surface area contributed by atoms with Gasteiger partial charge in [0.25, 0.3) is 0 Å². The summed E-state index contributed by atoms with van der Waals surface area (Å²) < 4.78 is 11.1. The Labute approximate surface area is 182 Å². The number of nitrogens with zero attached hydrogens (tertiary/aromatic N) is 2. The molecule has 1 aromatic heterocycles. The first-order chi connectivity index (χ1) is 14.6. The maximum absolute atomic E-state index is 13.3. The molecular formula is C23H30N2O4S. The largest absolute Gasteiger partial charge is 0.491 e. The van der Waals surface area contributed by atoms with E-state index < -0.39 is 0 Å². The number of carbonyl (C=O) groups is 2. The quantitative estimate of drug-likeness (QED) is 0.541. The van der Waals surface area contributed by atoms with Crippen molar-refractivity contribution in [3.8, 4) is 5.75 Å². The highest BCUT2D eigenvalue weighted by molar-refractivity contribution is 7.10. The lowest BCUT2D eigenvalue weighted by molar-refractivity contribution is -0.142. The summed E-state index contributed by atoms with van der Waals surface area (Å²) in [7, 11) is 1.64. The zero-order valence-electron chi connectivity index (χ0n) is 17.7. The lowest BCUT2D eigenvalue weighted by Gasteiger charge is -2.37. The van der Waals surface area contributed by atoms with E-state index in [0.29, 0.717) is 39.1 Å². The molecule has 1 aromatic carbocycles. The number of ether oxygens (including phenoxy) is 2. The molecule has 2 heterocycles. The first-order valence-electron chi connectivity index (χ1n) is 10.4. The van der Waals surface area contributed by atoms with Crippen LogP contribution >= 0.6 is 11.3 Å². The number of benzene rings is 1. The number of thiophene rings is 1. The molecule has 2 aromatic rings. The summed E-state index contributed by atoms with van der Waals surface area (Å²) in [6.07, 6.45) is 1.94. The van der Waals surface area contributed by atoms with Crippen molar-refractivity contribution >= 4 is 23.2 Å². The van der Waals surface area contributed by atoms with Gasteiger partial charge in [-0.15, -0.1) is 11.3 Å². The van der Waals surface area contributed by atoms with E-state index in [1.165, 1.54) is 4.88 Å². The van der Waals surface area contributed by atoms with Gasteiger partial charge in [-0.05, 0) is 42.0 Å². The summed E-state index contributed by atoms with van der Waals surface area (Å²) in [6, 6.07) is 11.6. The van der Waals surface area contributed by atoms with Gasteiger partial charge in [-0.3, -0.25) is 9.59 Å². The van der Waals surface area contributed by atoms with Crippen molar-refractivity contribution in [2.45, 2.75) is 32.2 Å². The van der Waals surface area contributed by atoms with E-state index in [1.54, 1.807) is 23.3 Å². The first-order valence-corrected chi connectivity index (χ1v) is 11.3. The maximum atomic E-state index is 13.3. The van der Waals surface area contributed by atoms with E-state index in [-0.39, 0.29) is 24.4 Å². The molecular weight excluding hydrogens is 400 g/mol. The lowest BCUT2D eigenvalue weighted by Crippen LogP contribution is -2.48. The molecule has 1 aliphatic rings. The lowest BCUT2D eigenvalue weighted by atomic mass is 10.0. The first kappa shape index (κ1) is 22.3. The third kappa shape index (κ3) is 5.61. The minimum Gasteiger partial charge on any atom is -0.491 e. The smallest absolute Gasteiger partial charge is 0.242 e. The van der Waals surface area contributed by atoms with Gasteiger partial charge in [0.1, 0.15) is 12.4 Å². The van der Waals surface area contributed by atoms with Crippen molar-refractivity contribution in [3.05, 3.63) is 52.2 Å². The second kappa shape index (κ2) is 11.1. The normalized spacial score (nSPS) is 15.5. The Hall–Kier alpha value is -2.38. The van der Waals surface area contributed by atoms with Crippen LogP contribution in [-0.4, -0.2) is 61.6 Å². The summed E-state index contributed by atoms with van der Waals surface area (Å²) in [5, 5.41) is 2.08. The molecule has 0 saturated heterocycles. The molecule has 6 nitrogen and oxygen atoms in total. The van der Waals surface area contributed by atoms with Crippen LogP contribution in [0.3, 0.4) is 0 Å². The van der Waals surface area contributed by atoms with Crippen molar-refractivity contribution < 1.29 is 19.1 Å². The van der Waals surface area contributed by atoms with Crippen molar-refractivity contribution in [2.75, 3.05) is 40.0 Å². The minimum absolute atomic E-state index is 0.00947. The van der Waals surface area contributed by atoms with Crippen LogP contribution < -0.4 is 4.74 Å². The fourth-order valence-electron chi connectivity index (χ4n) is 3.74. The summed E-state index contributed by atoms with van der Waals surface area (Å²) in [5.74, 6) is 0.743. The summed E-state index contributed by atoms with van der Waals surface area (Å²) in [4.78, 5) is 30.5. The molecule has 0 aliphatic carbocycles. The van der Waals surface area contributed by atoms with E-state index in [2.05, 4.69) is 11.4 Å². The number of rotatable bonds is 10. The highest BCUT2D eigenvalue weighted by Gasteiger charge is 2.33. The van der Waals surface area contributed by atoms with E-state index >= 15 is 0 Å². The minimum atomic E-state index is -0.148. The summed E-state index contributed by atoms with van der Waals surface area (Å²) in [5.41, 5.74) is 1.16. The van der Waals surface area contributed by atoms with Crippen molar-refractivity contribution in [1.29, 1.82) is 0 Å². The molecule has 0 spiro atoms. The van der Waals surface area contributed by atoms with E-state index in [0.717, 1.165) is 17.7 Å². The molecule has 0 saturated carbocycles. The second-order valence-electron chi connectivity index (χ2n) is 7.29. The highest BCUT2D eigenvalue weighted by Crippen LogP contribution is 2.34. The van der Waals surface area contributed by atoms with Gasteiger partial charge >= 0.3 is 0 Å². The van der Waals surface area contributed by atoms with Gasteiger partial charge in [0.05, 0.1) is 12.6 Å². The molecule has 1 atom stereocenters. The second-order valence-corrected chi connectivity index (χ2v) is 8.29. The van der Waals surface area contributed by atoms with Crippen LogP contribution in [0.15, 0.2) is 41.8 Å². The summed E-state index contributed by atoms with van der Waals surface area (Å²) in [6.45, 7) is 4.04. The van der Waals surface area contributed by atoms with Gasteiger partial charge in [0.2, 0.25) is 11.8 Å². The predicted octanol–water partition coefficient (Wildman–Crippen LogP) is 3.53. The third-order valence-electron chi connectivity index (χ3n) is 5.32. The SMILES string of the molecule is CCC(=O)N(CCCOC)CC(=O)N1CCc2sccc2[C@H]1COc1ccccc1. The molecule has 1 aliphatic heterocycles. The Kier molecular flexibility index (Phi) is 8.28. The number of methoxy groups -OCH3 is 1. The van der Waals surface area contributed by atoms with Gasteiger partial charge < -0.3 is 19.3 Å². The number of amides is 2. The van der Waals surface area contributed by atoms with Crippen LogP contribution in [0.2, 0.25) is 0 Å². The molecule has 0 unspecified atom stereocenters. The van der Waals surface area contributed by atoms with Gasteiger partial charge in [-0.2, -0.15) is 0 Å². The Morgan fingerprint density at radius 2 is 2.03 bits per heavy atom. The van der Waals surface area contributed by atoms with E-state index in [9.17, 15) is 9.59 Å². The zero-order chi connectivity index (χ0) is 21.3. The zero-order valence-corrected chi connectivity index (χ0v) is 18.5. The Morgan fingerprint density at radius 1 is 1.23 bits per heavy atom. The van der Waals surface area contributed by atoms with Crippen molar-refractivity contribution in [1.82, 2.24) is 9.80 Å². The Bertz CT molecular complexity index is 824. The number of hydrogen-bond donors (Lipinski definition) is 0. The van der Waals surface area contributed by atoms with Gasteiger partial charge in [-0.25, -0.2) is 0 Å². The fourth-order valence-corrected chi connectivity index (χ4v) is 4.66. The van der Waals surface area contributed by atoms with Crippen LogP contribution in [0, 0.1) is 0 Å². The van der Waals surface area contributed by atoms with Crippen molar-refractivity contribution in [3.63, 3.8) is 0 Å². The van der Waals surface area contributed by atoms with Crippen LogP contribution in [0.1, 0.15) is 36.2 Å². The molecule has 0 N–H and O–H groups in total. The van der Waals surface area contributed by atoms with Crippen LogP contribution in [-0.2, 0) is 20.7 Å². The number of hydrogen-bond acceptors (Lipinski definition) is 5. The predicted molar refractivity (Wildman–Crippen MR) is 118 cm³/mol. The van der Waals surface area contributed by atoms with E-state index in [1.807, 2.05) is 42.2 Å². The average molecular weight is 431 g/mol. The van der Waals surface area contributed by atoms with Crippen molar-refractivity contribution in [2.24, 2.45) is 0 Å². The fraction of sp³-hybridized carbons (Fsp3) is 0.478. The van der Waals surface area contributed by atoms with Crippen LogP contribution in [0.25, 0.3) is 0 Å². The highest BCUT2D eigenvalue weighted by atomic mass is 32.1. The number of carbonyl (C=O) groups excluding carboxylic acids is 2. The number of fused-ring (bicyclic) bond motifs is 1. The number of para-hydroxylation sites is 1. The molecule has 30 heavy (non-hydrogen) atoms. The maximum Gasteiger partial charge on any atom is 0.242 e. The van der Waals surface area contributed by atoms with Crippen LogP contribution in [0.5, 0.6) is 5.75 Å². The van der Waals surface area contributed by atoms with Crippen LogP contribution in [0.4, 0.5) is 0 Å². The molecule has 2 amide bonds. The Morgan fingerprint density at radius 3 is 2.77 bits per heavy atom. The third-order valence-corrected chi connectivity index (χ3v) is 6.32. The topological polar surface area (TPSA) is 59.1 Å². The molecule has 7 heteroatoms. The molecule has 0 radical (unpaired) electrons. The standard InChI is InChI=1S/C23H30N2O4S/c1-3-22(26)24(12-7-14-28-2)16-23(27)25-13-10-21-19(11-15-30-21)20(25)17-29-18-8-5-4-6-9-18/h4-6,8-9,11,15,20H,3,7,10,12-14,16-17H2,1-2H3/t20-/m1/s1. The molecule has 0 fully saturated rings. The van der Waals surface area contributed by atoms with Gasteiger partial charge in [0, 0.05) is 38.1 Å². The van der Waals surface area contributed by atoms with Gasteiger partial charge in [-0.1, -0.05) is 25.1 Å². The molecule has 162 valence electrons. The average Bonchev–Trinajstić information content (AvgIpc) is 3.26. The molecule has 0 bridgehead atoms. The molecule has 3 rings (SSSR count).